The summed E-state index contributed by atoms with van der Waals surface area (Å²) < 4.78 is 5.38. The molecule has 0 unspecified atom stereocenters. The molecule has 1 aliphatic carbocycles. The quantitative estimate of drug-likeness (QED) is 0.869. The molecule has 128 valence electrons. The second-order valence-electron chi connectivity index (χ2n) is 7.63. The van der Waals surface area contributed by atoms with Gasteiger partial charge in [-0.1, -0.05) is 6.92 Å². The van der Waals surface area contributed by atoms with Crippen LogP contribution in [0.4, 0.5) is 4.79 Å². The number of nitrogens with one attached hydrogen (secondary N) is 1. The number of hydrogen-bond donors (Lipinski definition) is 1. The van der Waals surface area contributed by atoms with Crippen LogP contribution in [0.3, 0.4) is 0 Å². The molecule has 1 heterocycles. The number of rotatable bonds is 3. The molecule has 0 aromatic carbocycles. The Morgan fingerprint density at radius 3 is 2.45 bits per heavy atom. The van der Waals surface area contributed by atoms with Gasteiger partial charge in [0.25, 0.3) is 0 Å². The lowest BCUT2D eigenvalue weighted by Crippen LogP contribution is -2.53. The molecule has 1 saturated heterocycles. The first-order valence-electron chi connectivity index (χ1n) is 8.83. The Kier molecular flexibility index (Phi) is 6.09. The van der Waals surface area contributed by atoms with Crippen molar-refractivity contribution in [3.63, 3.8) is 0 Å². The summed E-state index contributed by atoms with van der Waals surface area (Å²) in [5, 5.41) is 3.07. The lowest BCUT2D eigenvalue weighted by Gasteiger charge is -2.42. The van der Waals surface area contributed by atoms with Gasteiger partial charge in [0.1, 0.15) is 5.60 Å². The van der Waals surface area contributed by atoms with E-state index in [0.717, 1.165) is 32.5 Å². The van der Waals surface area contributed by atoms with Crippen LogP contribution in [0.2, 0.25) is 0 Å². The molecule has 2 fully saturated rings. The zero-order chi connectivity index (χ0) is 16.2. The second-order valence-corrected chi connectivity index (χ2v) is 7.63. The average molecular weight is 311 g/mol. The Morgan fingerprint density at radius 1 is 1.18 bits per heavy atom. The molecule has 2 rings (SSSR count). The van der Waals surface area contributed by atoms with Gasteiger partial charge in [-0.3, -0.25) is 4.90 Å². The Bertz CT molecular complexity index is 359. The van der Waals surface area contributed by atoms with E-state index in [-0.39, 0.29) is 12.1 Å². The third-order valence-electron chi connectivity index (χ3n) is 4.74. The highest BCUT2D eigenvalue weighted by atomic mass is 16.6. The molecular formula is C17H33N3O2. The first kappa shape index (κ1) is 17.5. The molecule has 0 bridgehead atoms. The van der Waals surface area contributed by atoms with Crippen LogP contribution in [-0.2, 0) is 4.74 Å². The highest BCUT2D eigenvalue weighted by Crippen LogP contribution is 2.24. The van der Waals surface area contributed by atoms with Gasteiger partial charge in [-0.25, -0.2) is 4.79 Å². The Balaban J connectivity index is 1.78. The number of amides is 1. The number of nitrogens with zero attached hydrogens (tertiary/aromatic N) is 2. The number of hydrogen-bond acceptors (Lipinski definition) is 4. The zero-order valence-corrected chi connectivity index (χ0v) is 14.7. The van der Waals surface area contributed by atoms with E-state index in [1.807, 2.05) is 20.8 Å². The van der Waals surface area contributed by atoms with Gasteiger partial charge in [-0.05, 0) is 53.0 Å². The van der Waals surface area contributed by atoms with Crippen molar-refractivity contribution in [3.8, 4) is 0 Å². The van der Waals surface area contributed by atoms with Gasteiger partial charge in [0.15, 0.2) is 0 Å². The van der Waals surface area contributed by atoms with E-state index in [4.69, 9.17) is 4.74 Å². The van der Waals surface area contributed by atoms with Crippen LogP contribution in [-0.4, -0.2) is 66.3 Å². The van der Waals surface area contributed by atoms with Crippen molar-refractivity contribution in [2.45, 2.75) is 71.1 Å². The van der Waals surface area contributed by atoms with Gasteiger partial charge in [0, 0.05) is 38.3 Å². The molecule has 22 heavy (non-hydrogen) atoms. The van der Waals surface area contributed by atoms with Crippen molar-refractivity contribution in [1.82, 2.24) is 15.1 Å². The predicted octanol–water partition coefficient (Wildman–Crippen LogP) is 2.46. The van der Waals surface area contributed by atoms with Crippen molar-refractivity contribution in [3.05, 3.63) is 0 Å². The van der Waals surface area contributed by atoms with E-state index >= 15 is 0 Å². The largest absolute Gasteiger partial charge is 0.444 e. The minimum atomic E-state index is -0.422. The number of piperazine rings is 1. The molecule has 0 aromatic rings. The van der Waals surface area contributed by atoms with E-state index < -0.39 is 5.60 Å². The molecule has 0 radical (unpaired) electrons. The minimum Gasteiger partial charge on any atom is -0.444 e. The van der Waals surface area contributed by atoms with Crippen molar-refractivity contribution < 1.29 is 9.53 Å². The third-order valence-corrected chi connectivity index (χ3v) is 4.74. The highest BCUT2D eigenvalue weighted by molar-refractivity contribution is 5.68. The maximum absolute atomic E-state index is 11.9. The van der Waals surface area contributed by atoms with Crippen molar-refractivity contribution in [2.75, 3.05) is 32.7 Å². The number of alkyl carbamates (subject to hydrolysis) is 1. The Hall–Kier alpha value is -0.810. The smallest absolute Gasteiger partial charge is 0.407 e. The van der Waals surface area contributed by atoms with Crippen LogP contribution in [0.1, 0.15) is 53.4 Å². The molecule has 0 aromatic heterocycles. The number of carbonyl (C=O) groups excluding carboxylic acids is 1. The maximum Gasteiger partial charge on any atom is 0.407 e. The third kappa shape index (κ3) is 5.43. The van der Waals surface area contributed by atoms with Crippen LogP contribution >= 0.6 is 0 Å². The van der Waals surface area contributed by atoms with Gasteiger partial charge < -0.3 is 15.0 Å². The van der Waals surface area contributed by atoms with Crippen LogP contribution in [0.15, 0.2) is 0 Å². The van der Waals surface area contributed by atoms with Crippen LogP contribution in [0.25, 0.3) is 0 Å². The molecule has 0 spiro atoms. The van der Waals surface area contributed by atoms with Crippen molar-refractivity contribution in [2.24, 2.45) is 0 Å². The van der Waals surface area contributed by atoms with Crippen molar-refractivity contribution >= 4 is 6.09 Å². The molecule has 5 heteroatoms. The highest BCUT2D eigenvalue weighted by Gasteiger charge is 2.30. The minimum absolute atomic E-state index is 0.262. The van der Waals surface area contributed by atoms with Crippen LogP contribution < -0.4 is 5.32 Å². The summed E-state index contributed by atoms with van der Waals surface area (Å²) in [4.78, 5) is 17.1. The summed E-state index contributed by atoms with van der Waals surface area (Å²) in [5.41, 5.74) is -0.422. The fraction of sp³-hybridized carbons (Fsp3) is 0.941. The molecule has 2 atom stereocenters. The summed E-state index contributed by atoms with van der Waals surface area (Å²) >= 11 is 0. The van der Waals surface area contributed by atoms with Gasteiger partial charge in [0.2, 0.25) is 0 Å². The summed E-state index contributed by atoms with van der Waals surface area (Å²) in [6.45, 7) is 13.8. The van der Waals surface area contributed by atoms with Crippen LogP contribution in [0.5, 0.6) is 0 Å². The average Bonchev–Trinajstić information content (AvgIpc) is 2.45. The van der Waals surface area contributed by atoms with Gasteiger partial charge in [0.05, 0.1) is 0 Å². The number of ether oxygens (including phenoxy) is 1. The topological polar surface area (TPSA) is 44.8 Å². The van der Waals surface area contributed by atoms with Gasteiger partial charge in [-0.2, -0.15) is 0 Å². The normalized spacial score (nSPS) is 28.4. The maximum atomic E-state index is 11.9. The summed E-state index contributed by atoms with van der Waals surface area (Å²) in [5.74, 6) is 0. The first-order chi connectivity index (χ1) is 10.4. The molecule has 1 amide bonds. The summed E-state index contributed by atoms with van der Waals surface area (Å²) in [7, 11) is 0. The lowest BCUT2D eigenvalue weighted by molar-refractivity contribution is 0.0436. The number of carbonyl (C=O) groups is 1. The lowest BCUT2D eigenvalue weighted by atomic mass is 9.89. The molecular weight excluding hydrogens is 278 g/mol. The Morgan fingerprint density at radius 2 is 1.86 bits per heavy atom. The number of likely N-dealkylation sites (N-methyl/N-ethyl adjacent to an activating group) is 1. The van der Waals surface area contributed by atoms with Crippen molar-refractivity contribution in [1.29, 1.82) is 0 Å². The molecule has 1 aliphatic heterocycles. The molecule has 1 N–H and O–H groups in total. The first-order valence-corrected chi connectivity index (χ1v) is 8.83. The Labute approximate surface area is 135 Å². The SMILES string of the molecule is CCN1CCN([C@@H]2CCC[C@H](NC(=O)OC(C)(C)C)C2)CC1. The van der Waals surface area contributed by atoms with E-state index in [2.05, 4.69) is 22.0 Å². The van der Waals surface area contributed by atoms with E-state index in [0.29, 0.717) is 6.04 Å². The van der Waals surface area contributed by atoms with Gasteiger partial charge >= 0.3 is 6.09 Å². The zero-order valence-electron chi connectivity index (χ0n) is 14.7. The monoisotopic (exact) mass is 311 g/mol. The standard InChI is InChI=1S/C17H33N3O2/c1-5-19-9-11-20(12-10-19)15-8-6-7-14(13-15)18-16(21)22-17(2,3)4/h14-15H,5-13H2,1-4H3,(H,18,21)/t14-,15+/m0/s1. The summed E-state index contributed by atoms with van der Waals surface area (Å²) in [6.07, 6.45) is 4.32. The summed E-state index contributed by atoms with van der Waals surface area (Å²) in [6, 6.07) is 0.880. The van der Waals surface area contributed by atoms with Crippen LogP contribution in [0, 0.1) is 0 Å². The molecule has 2 aliphatic rings. The van der Waals surface area contributed by atoms with E-state index in [9.17, 15) is 4.79 Å². The second kappa shape index (κ2) is 7.64. The molecule has 1 saturated carbocycles. The fourth-order valence-electron chi connectivity index (χ4n) is 3.55. The predicted molar refractivity (Wildman–Crippen MR) is 89.1 cm³/mol. The van der Waals surface area contributed by atoms with E-state index in [1.54, 1.807) is 0 Å². The van der Waals surface area contributed by atoms with E-state index in [1.165, 1.54) is 25.9 Å². The fourth-order valence-corrected chi connectivity index (χ4v) is 3.55. The molecule has 5 nitrogen and oxygen atoms in total. The van der Waals surface area contributed by atoms with Gasteiger partial charge in [-0.15, -0.1) is 0 Å².